The summed E-state index contributed by atoms with van der Waals surface area (Å²) in [5.41, 5.74) is 0. The molecule has 2 aliphatic heterocycles. The molecule has 0 aromatic carbocycles. The molecule has 2 rings (SSSR count). The van der Waals surface area contributed by atoms with Crippen molar-refractivity contribution in [2.45, 2.75) is 61.4 Å². The normalized spacial score (nSPS) is 51.7. The van der Waals surface area contributed by atoms with Crippen molar-refractivity contribution in [1.82, 2.24) is 0 Å². The number of hydrogen-bond donors (Lipinski definition) is 8. The van der Waals surface area contributed by atoms with Gasteiger partial charge in [-0.25, -0.2) is 0 Å². The van der Waals surface area contributed by atoms with Gasteiger partial charge in [0.1, 0.15) is 48.8 Å². The van der Waals surface area contributed by atoms with Gasteiger partial charge in [0, 0.05) is 0 Å². The van der Waals surface area contributed by atoms with Gasteiger partial charge in [0.05, 0.1) is 13.2 Å². The van der Waals surface area contributed by atoms with Gasteiger partial charge in [-0.15, -0.1) is 0 Å². The quantitative estimate of drug-likeness (QED) is 0.243. The van der Waals surface area contributed by atoms with Crippen LogP contribution in [0, 0.1) is 0 Å². The molecule has 2 saturated heterocycles. The minimum atomic E-state index is -1.74. The standard InChI is InChI=1S/C12H22O11/c13-1-3-5(15)6(16)9(19)12(22-3)23-10-4(2-14)21-11(20)8(18)7(10)17/h3-20H,1-2H2/t3-,4-,5-,6+,7-,8+,9+,10-,11?,12-/m1/s1. The van der Waals surface area contributed by atoms with E-state index < -0.39 is 74.6 Å². The van der Waals surface area contributed by atoms with Crippen molar-refractivity contribution < 1.29 is 55.1 Å². The summed E-state index contributed by atoms with van der Waals surface area (Å²) in [7, 11) is 0. The van der Waals surface area contributed by atoms with Crippen LogP contribution in [-0.4, -0.2) is 115 Å². The minimum Gasteiger partial charge on any atom is -0.394 e. The molecule has 0 saturated carbocycles. The lowest BCUT2D eigenvalue weighted by molar-refractivity contribution is -0.355. The molecule has 0 bridgehead atoms. The summed E-state index contributed by atoms with van der Waals surface area (Å²) in [6, 6.07) is 0. The Bertz CT molecular complexity index is 378. The van der Waals surface area contributed by atoms with E-state index in [0.717, 1.165) is 0 Å². The second-order valence-corrected chi connectivity index (χ2v) is 5.53. The molecule has 0 spiro atoms. The predicted molar refractivity (Wildman–Crippen MR) is 68.6 cm³/mol. The number of hydrogen-bond acceptors (Lipinski definition) is 11. The van der Waals surface area contributed by atoms with E-state index in [4.69, 9.17) is 19.3 Å². The molecule has 8 N–H and O–H groups in total. The van der Waals surface area contributed by atoms with E-state index in [0.29, 0.717) is 0 Å². The summed E-state index contributed by atoms with van der Waals surface area (Å²) in [4.78, 5) is 0. The van der Waals surface area contributed by atoms with Crippen LogP contribution in [0.3, 0.4) is 0 Å². The molecule has 0 amide bonds. The minimum absolute atomic E-state index is 0.667. The highest BCUT2D eigenvalue weighted by atomic mass is 16.7. The lowest BCUT2D eigenvalue weighted by Gasteiger charge is -2.45. The Morgan fingerprint density at radius 2 is 1.26 bits per heavy atom. The fourth-order valence-electron chi connectivity index (χ4n) is 2.57. The molecule has 0 aliphatic carbocycles. The van der Waals surface area contributed by atoms with Crippen LogP contribution in [0.25, 0.3) is 0 Å². The molecule has 10 atom stereocenters. The fraction of sp³-hybridized carbons (Fsp3) is 1.00. The SMILES string of the molecule is OC[C@H]1O[C@H](O[C@H]2[C@H](O)[C@H](O)C(O)O[C@@H]2CO)[C@@H](O)[C@@H](O)[C@@H]1O. The third-order valence-electron chi connectivity index (χ3n) is 3.98. The van der Waals surface area contributed by atoms with Crippen LogP contribution in [0.15, 0.2) is 0 Å². The Morgan fingerprint density at radius 1 is 0.652 bits per heavy atom. The monoisotopic (exact) mass is 342 g/mol. The van der Waals surface area contributed by atoms with Gasteiger partial charge in [0.15, 0.2) is 12.6 Å². The molecule has 1 unspecified atom stereocenters. The lowest BCUT2D eigenvalue weighted by atomic mass is 9.97. The topological polar surface area (TPSA) is 190 Å². The second-order valence-electron chi connectivity index (χ2n) is 5.53. The van der Waals surface area contributed by atoms with Gasteiger partial charge in [-0.3, -0.25) is 0 Å². The molecule has 136 valence electrons. The maximum absolute atomic E-state index is 9.94. The highest BCUT2D eigenvalue weighted by molar-refractivity contribution is 4.93. The zero-order valence-corrected chi connectivity index (χ0v) is 12.0. The van der Waals surface area contributed by atoms with Crippen LogP contribution < -0.4 is 0 Å². The molecular formula is C12H22O11. The van der Waals surface area contributed by atoms with E-state index in [-0.39, 0.29) is 0 Å². The summed E-state index contributed by atoms with van der Waals surface area (Å²) < 4.78 is 15.3. The molecule has 11 heteroatoms. The Morgan fingerprint density at radius 3 is 1.83 bits per heavy atom. The van der Waals surface area contributed by atoms with Gasteiger partial charge in [-0.2, -0.15) is 0 Å². The maximum Gasteiger partial charge on any atom is 0.187 e. The van der Waals surface area contributed by atoms with Crippen molar-refractivity contribution in [1.29, 1.82) is 0 Å². The first-order valence-corrected chi connectivity index (χ1v) is 7.08. The number of ether oxygens (including phenoxy) is 3. The average molecular weight is 342 g/mol. The zero-order valence-electron chi connectivity index (χ0n) is 12.0. The van der Waals surface area contributed by atoms with Gasteiger partial charge >= 0.3 is 0 Å². The first-order chi connectivity index (χ1) is 10.8. The molecule has 23 heavy (non-hydrogen) atoms. The van der Waals surface area contributed by atoms with E-state index in [1.54, 1.807) is 0 Å². The summed E-state index contributed by atoms with van der Waals surface area (Å²) in [5, 5.41) is 76.5. The number of aliphatic hydroxyl groups excluding tert-OH is 8. The number of aliphatic hydroxyl groups is 8. The van der Waals surface area contributed by atoms with Crippen LogP contribution in [-0.2, 0) is 14.2 Å². The Kier molecular flexibility index (Phi) is 6.27. The Hall–Kier alpha value is -0.440. The van der Waals surface area contributed by atoms with Crippen LogP contribution in [0.4, 0.5) is 0 Å². The fourth-order valence-corrected chi connectivity index (χ4v) is 2.57. The summed E-state index contributed by atoms with van der Waals surface area (Å²) in [5.74, 6) is 0. The highest BCUT2D eigenvalue weighted by Gasteiger charge is 2.50. The summed E-state index contributed by atoms with van der Waals surface area (Å²) >= 11 is 0. The van der Waals surface area contributed by atoms with Gasteiger partial charge in [-0.05, 0) is 0 Å². The molecular weight excluding hydrogens is 320 g/mol. The molecule has 0 aromatic rings. The van der Waals surface area contributed by atoms with Crippen molar-refractivity contribution >= 4 is 0 Å². The third kappa shape index (κ3) is 3.65. The van der Waals surface area contributed by atoms with E-state index in [1.807, 2.05) is 0 Å². The van der Waals surface area contributed by atoms with E-state index in [1.165, 1.54) is 0 Å². The Balaban J connectivity index is 2.11. The molecule has 0 aromatic heterocycles. The molecule has 11 nitrogen and oxygen atoms in total. The highest BCUT2D eigenvalue weighted by Crippen LogP contribution is 2.28. The number of rotatable bonds is 4. The van der Waals surface area contributed by atoms with Gasteiger partial charge in [0.2, 0.25) is 0 Å². The van der Waals surface area contributed by atoms with E-state index >= 15 is 0 Å². The van der Waals surface area contributed by atoms with Crippen LogP contribution in [0.5, 0.6) is 0 Å². The predicted octanol–water partition coefficient (Wildman–Crippen LogP) is -5.40. The molecule has 2 heterocycles. The average Bonchev–Trinajstić information content (AvgIpc) is 2.55. The van der Waals surface area contributed by atoms with E-state index in [9.17, 15) is 35.7 Å². The van der Waals surface area contributed by atoms with E-state index in [2.05, 4.69) is 0 Å². The Labute approximate surface area is 130 Å². The van der Waals surface area contributed by atoms with Gasteiger partial charge in [-0.1, -0.05) is 0 Å². The maximum atomic E-state index is 9.94. The molecule has 0 radical (unpaired) electrons. The van der Waals surface area contributed by atoms with Crippen molar-refractivity contribution in [3.63, 3.8) is 0 Å². The third-order valence-corrected chi connectivity index (χ3v) is 3.98. The lowest BCUT2D eigenvalue weighted by Crippen LogP contribution is -2.64. The van der Waals surface area contributed by atoms with Crippen molar-refractivity contribution in [2.24, 2.45) is 0 Å². The van der Waals surface area contributed by atoms with Gasteiger partial charge in [0.25, 0.3) is 0 Å². The largest absolute Gasteiger partial charge is 0.394 e. The van der Waals surface area contributed by atoms with Crippen LogP contribution in [0.1, 0.15) is 0 Å². The molecule has 2 fully saturated rings. The first-order valence-electron chi connectivity index (χ1n) is 7.08. The van der Waals surface area contributed by atoms with Crippen molar-refractivity contribution in [3.05, 3.63) is 0 Å². The molecule has 2 aliphatic rings. The second kappa shape index (κ2) is 7.63. The van der Waals surface area contributed by atoms with Gasteiger partial charge < -0.3 is 55.1 Å². The van der Waals surface area contributed by atoms with Crippen LogP contribution >= 0.6 is 0 Å². The summed E-state index contributed by atoms with van der Waals surface area (Å²) in [6.45, 7) is -1.35. The zero-order chi connectivity index (χ0) is 17.3. The smallest absolute Gasteiger partial charge is 0.187 e. The summed E-state index contributed by atoms with van der Waals surface area (Å²) in [6.07, 6.45) is -15.6. The van der Waals surface area contributed by atoms with Crippen LogP contribution in [0.2, 0.25) is 0 Å². The first kappa shape index (κ1) is 18.9. The van der Waals surface area contributed by atoms with Crippen molar-refractivity contribution in [3.8, 4) is 0 Å². The van der Waals surface area contributed by atoms with Crippen molar-refractivity contribution in [2.75, 3.05) is 13.2 Å².